The van der Waals surface area contributed by atoms with Crippen LogP contribution < -0.4 is 4.90 Å². The maximum absolute atomic E-state index is 12.1. The van der Waals surface area contributed by atoms with Crippen LogP contribution in [0.15, 0.2) is 36.4 Å². The van der Waals surface area contributed by atoms with Gasteiger partial charge >= 0.3 is 0 Å². The van der Waals surface area contributed by atoms with Crippen molar-refractivity contribution >= 4 is 22.2 Å². The van der Waals surface area contributed by atoms with E-state index in [9.17, 15) is 4.79 Å². The molecule has 0 radical (unpaired) electrons. The van der Waals surface area contributed by atoms with Gasteiger partial charge in [-0.3, -0.25) is 4.79 Å². The standard InChI is InChI=1S/C17H22N2O/c1-18(2)10-9-17(20)15-6-5-14-12-16(19(3)4)8-7-13(14)11-15/h5-8,11-12H,9-10H2,1-4H3. The van der Waals surface area contributed by atoms with Gasteiger partial charge in [0, 0.05) is 38.3 Å². The number of ketones is 1. The lowest BCUT2D eigenvalue weighted by molar-refractivity contribution is 0.0972. The molecule has 2 aromatic rings. The fraction of sp³-hybridized carbons (Fsp3) is 0.353. The highest BCUT2D eigenvalue weighted by molar-refractivity contribution is 6.00. The SMILES string of the molecule is CN(C)CCC(=O)c1ccc2cc(N(C)C)ccc2c1. The monoisotopic (exact) mass is 270 g/mol. The van der Waals surface area contributed by atoms with Crippen molar-refractivity contribution in [2.24, 2.45) is 0 Å². The summed E-state index contributed by atoms with van der Waals surface area (Å²) in [5, 5.41) is 2.28. The largest absolute Gasteiger partial charge is 0.378 e. The van der Waals surface area contributed by atoms with Gasteiger partial charge in [0.1, 0.15) is 0 Å². The molecule has 0 N–H and O–H groups in total. The van der Waals surface area contributed by atoms with E-state index in [0.29, 0.717) is 6.42 Å². The van der Waals surface area contributed by atoms with Crippen molar-refractivity contribution in [3.05, 3.63) is 42.0 Å². The van der Waals surface area contributed by atoms with E-state index in [1.165, 1.54) is 11.1 Å². The predicted octanol–water partition coefficient (Wildman–Crippen LogP) is 3.04. The second-order valence-electron chi connectivity index (χ2n) is 5.62. The zero-order valence-corrected chi connectivity index (χ0v) is 12.7. The maximum atomic E-state index is 12.1. The molecule has 0 atom stereocenters. The molecule has 0 heterocycles. The molecular weight excluding hydrogens is 248 g/mol. The van der Waals surface area contributed by atoms with Gasteiger partial charge in [0.25, 0.3) is 0 Å². The van der Waals surface area contributed by atoms with E-state index < -0.39 is 0 Å². The summed E-state index contributed by atoms with van der Waals surface area (Å²) >= 11 is 0. The first-order valence-corrected chi connectivity index (χ1v) is 6.86. The first-order valence-electron chi connectivity index (χ1n) is 6.86. The van der Waals surface area contributed by atoms with Gasteiger partial charge in [-0.25, -0.2) is 0 Å². The fourth-order valence-corrected chi connectivity index (χ4v) is 2.15. The third-order valence-electron chi connectivity index (χ3n) is 3.45. The van der Waals surface area contributed by atoms with E-state index in [2.05, 4.69) is 23.1 Å². The highest BCUT2D eigenvalue weighted by Crippen LogP contribution is 2.22. The Morgan fingerprint density at radius 2 is 1.60 bits per heavy atom. The van der Waals surface area contributed by atoms with Gasteiger partial charge in [-0.1, -0.05) is 18.2 Å². The van der Waals surface area contributed by atoms with Crippen molar-refractivity contribution in [2.45, 2.75) is 6.42 Å². The molecule has 0 aliphatic carbocycles. The van der Waals surface area contributed by atoms with E-state index in [1.807, 2.05) is 51.3 Å². The molecule has 0 aliphatic rings. The second kappa shape index (κ2) is 6.06. The zero-order valence-electron chi connectivity index (χ0n) is 12.7. The van der Waals surface area contributed by atoms with Crippen molar-refractivity contribution in [3.8, 4) is 0 Å². The lowest BCUT2D eigenvalue weighted by Crippen LogP contribution is -2.16. The van der Waals surface area contributed by atoms with Crippen LogP contribution in [-0.4, -0.2) is 45.4 Å². The number of anilines is 1. The minimum absolute atomic E-state index is 0.206. The van der Waals surface area contributed by atoms with E-state index in [1.54, 1.807) is 0 Å². The molecule has 106 valence electrons. The Morgan fingerprint density at radius 1 is 0.950 bits per heavy atom. The Bertz CT molecular complexity index is 617. The fourth-order valence-electron chi connectivity index (χ4n) is 2.15. The van der Waals surface area contributed by atoms with Crippen molar-refractivity contribution in [1.82, 2.24) is 4.90 Å². The van der Waals surface area contributed by atoms with Crippen LogP contribution in [0.25, 0.3) is 10.8 Å². The number of carbonyl (C=O) groups excluding carboxylic acids is 1. The van der Waals surface area contributed by atoms with Crippen LogP contribution in [-0.2, 0) is 0 Å². The van der Waals surface area contributed by atoms with Crippen LogP contribution in [0, 0.1) is 0 Å². The number of fused-ring (bicyclic) bond motifs is 1. The lowest BCUT2D eigenvalue weighted by atomic mass is 10.0. The minimum Gasteiger partial charge on any atom is -0.378 e. The lowest BCUT2D eigenvalue weighted by Gasteiger charge is -2.13. The zero-order chi connectivity index (χ0) is 14.7. The number of Topliss-reactive ketones (excluding diaryl/α,β-unsaturated/α-hetero) is 1. The summed E-state index contributed by atoms with van der Waals surface area (Å²) < 4.78 is 0. The van der Waals surface area contributed by atoms with Gasteiger partial charge in [-0.15, -0.1) is 0 Å². The summed E-state index contributed by atoms with van der Waals surface area (Å²) in [6.45, 7) is 0.788. The molecular formula is C17H22N2O. The number of benzene rings is 2. The average molecular weight is 270 g/mol. The van der Waals surface area contributed by atoms with E-state index in [-0.39, 0.29) is 5.78 Å². The number of hydrogen-bond donors (Lipinski definition) is 0. The topological polar surface area (TPSA) is 23.6 Å². The Balaban J connectivity index is 2.25. The van der Waals surface area contributed by atoms with E-state index in [4.69, 9.17) is 0 Å². The number of nitrogens with zero attached hydrogens (tertiary/aromatic N) is 2. The van der Waals surface area contributed by atoms with Gasteiger partial charge in [-0.2, -0.15) is 0 Å². The highest BCUT2D eigenvalue weighted by atomic mass is 16.1. The second-order valence-corrected chi connectivity index (χ2v) is 5.62. The molecule has 3 heteroatoms. The molecule has 0 aromatic heterocycles. The summed E-state index contributed by atoms with van der Waals surface area (Å²) in [4.78, 5) is 16.2. The first kappa shape index (κ1) is 14.5. The van der Waals surface area contributed by atoms with Gasteiger partial charge in [-0.05, 0) is 43.1 Å². The van der Waals surface area contributed by atoms with Gasteiger partial charge in [0.05, 0.1) is 0 Å². The minimum atomic E-state index is 0.206. The van der Waals surface area contributed by atoms with E-state index in [0.717, 1.165) is 17.5 Å². The Hall–Kier alpha value is -1.87. The van der Waals surface area contributed by atoms with Crippen molar-refractivity contribution in [2.75, 3.05) is 39.6 Å². The maximum Gasteiger partial charge on any atom is 0.164 e. The molecule has 2 rings (SSSR count). The predicted molar refractivity (Wildman–Crippen MR) is 85.8 cm³/mol. The summed E-state index contributed by atoms with van der Waals surface area (Å²) in [6, 6.07) is 12.3. The summed E-state index contributed by atoms with van der Waals surface area (Å²) in [5.41, 5.74) is 1.97. The van der Waals surface area contributed by atoms with Gasteiger partial charge in [0.15, 0.2) is 5.78 Å². The van der Waals surface area contributed by atoms with Crippen LogP contribution in [0.5, 0.6) is 0 Å². The van der Waals surface area contributed by atoms with Crippen LogP contribution in [0.2, 0.25) is 0 Å². The summed E-state index contributed by atoms with van der Waals surface area (Å²) in [5.74, 6) is 0.206. The third-order valence-corrected chi connectivity index (χ3v) is 3.45. The Labute approximate surface area is 120 Å². The normalized spacial score (nSPS) is 11.1. The summed E-state index contributed by atoms with van der Waals surface area (Å²) in [6.07, 6.45) is 0.564. The van der Waals surface area contributed by atoms with Crippen LogP contribution in [0.3, 0.4) is 0 Å². The highest BCUT2D eigenvalue weighted by Gasteiger charge is 2.07. The molecule has 3 nitrogen and oxygen atoms in total. The van der Waals surface area contributed by atoms with Crippen LogP contribution in [0.1, 0.15) is 16.8 Å². The molecule has 0 amide bonds. The van der Waals surface area contributed by atoms with Gasteiger partial charge in [0.2, 0.25) is 0 Å². The van der Waals surface area contributed by atoms with Gasteiger partial charge < -0.3 is 9.80 Å². The molecule has 0 spiro atoms. The molecule has 20 heavy (non-hydrogen) atoms. The number of rotatable bonds is 5. The molecule has 0 saturated heterocycles. The van der Waals surface area contributed by atoms with Crippen LogP contribution >= 0.6 is 0 Å². The smallest absolute Gasteiger partial charge is 0.164 e. The van der Waals surface area contributed by atoms with Crippen molar-refractivity contribution in [3.63, 3.8) is 0 Å². The van der Waals surface area contributed by atoms with E-state index >= 15 is 0 Å². The Morgan fingerprint density at radius 3 is 2.25 bits per heavy atom. The van der Waals surface area contributed by atoms with Crippen molar-refractivity contribution < 1.29 is 4.79 Å². The van der Waals surface area contributed by atoms with Crippen molar-refractivity contribution in [1.29, 1.82) is 0 Å². The summed E-state index contributed by atoms with van der Waals surface area (Å²) in [7, 11) is 8.02. The number of hydrogen-bond acceptors (Lipinski definition) is 3. The number of carbonyl (C=O) groups is 1. The molecule has 0 saturated carbocycles. The molecule has 0 bridgehead atoms. The molecule has 2 aromatic carbocycles. The molecule has 0 fully saturated rings. The Kier molecular flexibility index (Phi) is 4.40. The first-order chi connectivity index (χ1) is 9.47. The molecule has 0 unspecified atom stereocenters. The third kappa shape index (κ3) is 3.36. The average Bonchev–Trinajstić information content (AvgIpc) is 2.43. The van der Waals surface area contributed by atoms with Crippen LogP contribution in [0.4, 0.5) is 5.69 Å². The molecule has 0 aliphatic heterocycles. The quantitative estimate of drug-likeness (QED) is 0.780.